The summed E-state index contributed by atoms with van der Waals surface area (Å²) in [6.45, 7) is 0. The second-order valence-electron chi connectivity index (χ2n) is 4.54. The average Bonchev–Trinajstić information content (AvgIpc) is 2.33. The third kappa shape index (κ3) is 3.23. The van der Waals surface area contributed by atoms with Crippen LogP contribution in [0.1, 0.15) is 23.2 Å². The molecule has 19 heavy (non-hydrogen) atoms. The van der Waals surface area contributed by atoms with Crippen LogP contribution in [-0.4, -0.2) is 37.0 Å². The molecule has 104 valence electrons. The summed E-state index contributed by atoms with van der Waals surface area (Å²) in [6.07, 6.45) is 0.714. The SMILES string of the molecule is O=C(O)c1cccc(F)c1NC1CCS(=O)(=O)CC1. The maximum absolute atomic E-state index is 13.7. The van der Waals surface area contributed by atoms with Crippen molar-refractivity contribution in [2.24, 2.45) is 0 Å². The van der Waals surface area contributed by atoms with Crippen LogP contribution in [0.25, 0.3) is 0 Å². The fourth-order valence-corrected chi connectivity index (χ4v) is 3.58. The summed E-state index contributed by atoms with van der Waals surface area (Å²) in [4.78, 5) is 11.0. The summed E-state index contributed by atoms with van der Waals surface area (Å²) in [5, 5.41) is 11.8. The maximum Gasteiger partial charge on any atom is 0.337 e. The molecule has 0 aliphatic carbocycles. The molecule has 7 heteroatoms. The molecule has 2 rings (SSSR count). The molecule has 0 saturated carbocycles. The van der Waals surface area contributed by atoms with Gasteiger partial charge in [-0.05, 0) is 25.0 Å². The van der Waals surface area contributed by atoms with Gasteiger partial charge in [-0.2, -0.15) is 0 Å². The van der Waals surface area contributed by atoms with Gasteiger partial charge in [0.1, 0.15) is 15.7 Å². The summed E-state index contributed by atoms with van der Waals surface area (Å²) >= 11 is 0. The first-order valence-corrected chi connectivity index (χ1v) is 7.70. The molecule has 1 aromatic rings. The van der Waals surface area contributed by atoms with Gasteiger partial charge in [0.15, 0.2) is 0 Å². The van der Waals surface area contributed by atoms with Gasteiger partial charge in [0, 0.05) is 6.04 Å². The van der Waals surface area contributed by atoms with Crippen molar-refractivity contribution in [1.29, 1.82) is 0 Å². The standard InChI is InChI=1S/C12H14FNO4S/c13-10-3-1-2-9(12(15)16)11(10)14-8-4-6-19(17,18)7-5-8/h1-3,8,14H,4-7H2,(H,15,16). The molecule has 1 aliphatic heterocycles. The minimum atomic E-state index is -2.99. The van der Waals surface area contributed by atoms with E-state index in [1.54, 1.807) is 0 Å². The number of benzene rings is 1. The maximum atomic E-state index is 13.7. The van der Waals surface area contributed by atoms with E-state index in [1.165, 1.54) is 18.2 Å². The van der Waals surface area contributed by atoms with Crippen LogP contribution in [0, 0.1) is 5.82 Å². The van der Waals surface area contributed by atoms with Gasteiger partial charge in [0.2, 0.25) is 0 Å². The van der Waals surface area contributed by atoms with Crippen LogP contribution in [0.15, 0.2) is 18.2 Å². The Morgan fingerprint density at radius 2 is 1.95 bits per heavy atom. The molecule has 0 unspecified atom stereocenters. The Labute approximate surface area is 110 Å². The van der Waals surface area contributed by atoms with E-state index in [4.69, 9.17) is 5.11 Å². The summed E-state index contributed by atoms with van der Waals surface area (Å²) in [6, 6.07) is 3.59. The number of halogens is 1. The monoisotopic (exact) mass is 287 g/mol. The first kappa shape index (κ1) is 13.8. The predicted octanol–water partition coefficient (Wildman–Crippen LogP) is 1.51. The lowest BCUT2D eigenvalue weighted by Gasteiger charge is -2.25. The molecule has 0 spiro atoms. The van der Waals surface area contributed by atoms with Crippen molar-refractivity contribution in [3.63, 3.8) is 0 Å². The zero-order chi connectivity index (χ0) is 14.0. The van der Waals surface area contributed by atoms with Gasteiger partial charge >= 0.3 is 5.97 Å². The summed E-state index contributed by atoms with van der Waals surface area (Å²) in [5.41, 5.74) is -0.215. The molecule has 1 aliphatic rings. The van der Waals surface area contributed by atoms with Crippen molar-refractivity contribution in [3.05, 3.63) is 29.6 Å². The Kier molecular flexibility index (Phi) is 3.75. The highest BCUT2D eigenvalue weighted by atomic mass is 32.2. The number of nitrogens with one attached hydrogen (secondary N) is 1. The van der Waals surface area contributed by atoms with E-state index < -0.39 is 21.6 Å². The molecule has 5 nitrogen and oxygen atoms in total. The topological polar surface area (TPSA) is 83.5 Å². The Bertz CT molecular complexity index is 586. The first-order chi connectivity index (χ1) is 8.89. The van der Waals surface area contributed by atoms with Gasteiger partial charge < -0.3 is 10.4 Å². The number of anilines is 1. The minimum absolute atomic E-state index is 0.0432. The molecule has 0 radical (unpaired) electrons. The number of carboxylic acid groups (broad SMARTS) is 1. The van der Waals surface area contributed by atoms with Gasteiger partial charge in [-0.15, -0.1) is 0 Å². The Morgan fingerprint density at radius 1 is 1.32 bits per heavy atom. The number of para-hydroxylation sites is 1. The molecule has 0 aromatic heterocycles. The number of sulfone groups is 1. The highest BCUT2D eigenvalue weighted by Crippen LogP contribution is 2.24. The lowest BCUT2D eigenvalue weighted by Crippen LogP contribution is -2.32. The molecule has 1 fully saturated rings. The summed E-state index contributed by atoms with van der Waals surface area (Å²) in [7, 11) is -2.99. The van der Waals surface area contributed by atoms with Crippen molar-refractivity contribution < 1.29 is 22.7 Å². The molecule has 0 atom stereocenters. The van der Waals surface area contributed by atoms with Crippen LogP contribution in [0.4, 0.5) is 10.1 Å². The zero-order valence-electron chi connectivity index (χ0n) is 10.1. The summed E-state index contributed by atoms with van der Waals surface area (Å²) < 4.78 is 36.3. The number of rotatable bonds is 3. The van der Waals surface area contributed by atoms with E-state index in [-0.39, 0.29) is 28.8 Å². The van der Waals surface area contributed by atoms with E-state index in [0.29, 0.717) is 12.8 Å². The second kappa shape index (κ2) is 5.16. The largest absolute Gasteiger partial charge is 0.478 e. The normalized spacial score (nSPS) is 19.0. The first-order valence-electron chi connectivity index (χ1n) is 5.88. The van der Waals surface area contributed by atoms with E-state index >= 15 is 0 Å². The van der Waals surface area contributed by atoms with Crippen molar-refractivity contribution in [2.45, 2.75) is 18.9 Å². The van der Waals surface area contributed by atoms with E-state index in [0.717, 1.165) is 0 Å². The smallest absolute Gasteiger partial charge is 0.337 e. The van der Waals surface area contributed by atoms with Crippen LogP contribution in [0.5, 0.6) is 0 Å². The van der Waals surface area contributed by atoms with Crippen LogP contribution in [0.3, 0.4) is 0 Å². The molecule has 1 aromatic carbocycles. The van der Waals surface area contributed by atoms with Gasteiger partial charge in [0.25, 0.3) is 0 Å². The number of carboxylic acids is 1. The predicted molar refractivity (Wildman–Crippen MR) is 68.7 cm³/mol. The number of hydrogen-bond acceptors (Lipinski definition) is 4. The number of carbonyl (C=O) groups is 1. The van der Waals surface area contributed by atoms with Gasteiger partial charge in [-0.25, -0.2) is 17.6 Å². The molecular weight excluding hydrogens is 273 g/mol. The third-order valence-electron chi connectivity index (χ3n) is 3.15. The van der Waals surface area contributed by atoms with E-state index in [1.807, 2.05) is 0 Å². The number of hydrogen-bond donors (Lipinski definition) is 2. The van der Waals surface area contributed by atoms with Crippen molar-refractivity contribution >= 4 is 21.5 Å². The van der Waals surface area contributed by atoms with Crippen molar-refractivity contribution in [1.82, 2.24) is 0 Å². The molecule has 1 heterocycles. The quantitative estimate of drug-likeness (QED) is 0.880. The van der Waals surface area contributed by atoms with Crippen LogP contribution in [-0.2, 0) is 9.84 Å². The van der Waals surface area contributed by atoms with Crippen molar-refractivity contribution in [2.75, 3.05) is 16.8 Å². The Morgan fingerprint density at radius 3 is 2.53 bits per heavy atom. The molecule has 0 amide bonds. The van der Waals surface area contributed by atoms with Crippen LogP contribution >= 0.6 is 0 Å². The molecule has 2 N–H and O–H groups in total. The fourth-order valence-electron chi connectivity index (χ4n) is 2.09. The van der Waals surface area contributed by atoms with Gasteiger partial charge in [-0.3, -0.25) is 0 Å². The third-order valence-corrected chi connectivity index (χ3v) is 4.86. The highest BCUT2D eigenvalue weighted by molar-refractivity contribution is 7.91. The Hall–Kier alpha value is -1.63. The van der Waals surface area contributed by atoms with Crippen molar-refractivity contribution in [3.8, 4) is 0 Å². The van der Waals surface area contributed by atoms with E-state index in [9.17, 15) is 17.6 Å². The summed E-state index contributed by atoms with van der Waals surface area (Å²) in [5.74, 6) is -1.78. The molecule has 0 bridgehead atoms. The average molecular weight is 287 g/mol. The zero-order valence-corrected chi connectivity index (χ0v) is 10.9. The number of aromatic carboxylic acids is 1. The second-order valence-corrected chi connectivity index (χ2v) is 6.84. The minimum Gasteiger partial charge on any atom is -0.478 e. The van der Waals surface area contributed by atoms with Crippen LogP contribution in [0.2, 0.25) is 0 Å². The fraction of sp³-hybridized carbons (Fsp3) is 0.417. The lowest BCUT2D eigenvalue weighted by molar-refractivity contribution is 0.0697. The highest BCUT2D eigenvalue weighted by Gasteiger charge is 2.25. The Balaban J connectivity index is 2.18. The molecule has 1 saturated heterocycles. The van der Waals surface area contributed by atoms with E-state index in [2.05, 4.69) is 5.32 Å². The van der Waals surface area contributed by atoms with Crippen LogP contribution < -0.4 is 5.32 Å². The van der Waals surface area contributed by atoms with Gasteiger partial charge in [-0.1, -0.05) is 6.07 Å². The lowest BCUT2D eigenvalue weighted by atomic mass is 10.1. The van der Waals surface area contributed by atoms with Gasteiger partial charge in [0.05, 0.1) is 22.8 Å². The molecular formula is C12H14FNO4S.